The first-order chi connectivity index (χ1) is 14.8. The third kappa shape index (κ3) is 4.34. The van der Waals surface area contributed by atoms with Gasteiger partial charge in [0, 0.05) is 28.4 Å². The molecule has 31 heavy (non-hydrogen) atoms. The standard InChI is InChI=1S/C23H24ClNO6/c1-13(2)12-25-17-7-6-14(24)10-16(17)21(31-19(23(25)28)11-20(26)27)15-4-3-5-18-22(15)30-9-8-29-18/h3-7,10,13,19,21H,8-9,11-12H2,1-2H3,(H,26,27)/t19-,21-/m1/s1. The van der Waals surface area contributed by atoms with Gasteiger partial charge < -0.3 is 24.2 Å². The van der Waals surface area contributed by atoms with Crippen LogP contribution in [0.15, 0.2) is 36.4 Å². The highest BCUT2D eigenvalue weighted by molar-refractivity contribution is 6.30. The van der Waals surface area contributed by atoms with Crippen molar-refractivity contribution in [1.82, 2.24) is 0 Å². The van der Waals surface area contributed by atoms with Crippen molar-refractivity contribution in [3.05, 3.63) is 52.5 Å². The van der Waals surface area contributed by atoms with Gasteiger partial charge in [0.2, 0.25) is 0 Å². The summed E-state index contributed by atoms with van der Waals surface area (Å²) in [5.41, 5.74) is 1.99. The molecule has 0 unspecified atom stereocenters. The fraction of sp³-hybridized carbons (Fsp3) is 0.391. The molecule has 1 amide bonds. The Hall–Kier alpha value is -2.77. The molecule has 1 N–H and O–H groups in total. The highest BCUT2D eigenvalue weighted by Gasteiger charge is 2.39. The van der Waals surface area contributed by atoms with E-state index in [-0.39, 0.29) is 11.8 Å². The molecule has 4 rings (SSSR count). The van der Waals surface area contributed by atoms with E-state index in [1.165, 1.54) is 0 Å². The van der Waals surface area contributed by atoms with Gasteiger partial charge in [0.15, 0.2) is 11.5 Å². The first-order valence-corrected chi connectivity index (χ1v) is 10.6. The van der Waals surface area contributed by atoms with Crippen molar-refractivity contribution in [1.29, 1.82) is 0 Å². The largest absolute Gasteiger partial charge is 0.486 e. The van der Waals surface area contributed by atoms with Crippen LogP contribution in [-0.4, -0.2) is 42.8 Å². The van der Waals surface area contributed by atoms with Crippen LogP contribution in [-0.2, 0) is 14.3 Å². The summed E-state index contributed by atoms with van der Waals surface area (Å²) in [7, 11) is 0. The van der Waals surface area contributed by atoms with E-state index in [4.69, 9.17) is 25.8 Å². The molecule has 0 aromatic heterocycles. The number of rotatable bonds is 5. The van der Waals surface area contributed by atoms with Gasteiger partial charge in [-0.15, -0.1) is 0 Å². The Kier molecular flexibility index (Phi) is 6.07. The number of para-hydroxylation sites is 1. The lowest BCUT2D eigenvalue weighted by molar-refractivity contribution is -0.147. The number of halogens is 1. The zero-order chi connectivity index (χ0) is 22.1. The van der Waals surface area contributed by atoms with Crippen LogP contribution >= 0.6 is 11.6 Å². The van der Waals surface area contributed by atoms with E-state index < -0.39 is 24.6 Å². The van der Waals surface area contributed by atoms with Crippen LogP contribution in [0.5, 0.6) is 11.5 Å². The third-order valence-corrected chi connectivity index (χ3v) is 5.43. The number of aliphatic carboxylic acids is 1. The zero-order valence-corrected chi connectivity index (χ0v) is 18.1. The third-order valence-electron chi connectivity index (χ3n) is 5.19. The summed E-state index contributed by atoms with van der Waals surface area (Å²) in [6.45, 7) is 5.24. The summed E-state index contributed by atoms with van der Waals surface area (Å²) in [5, 5.41) is 9.93. The highest BCUT2D eigenvalue weighted by atomic mass is 35.5. The molecule has 0 saturated heterocycles. The normalized spacial score (nSPS) is 20.4. The molecule has 164 valence electrons. The van der Waals surface area contributed by atoms with Crippen LogP contribution in [0.3, 0.4) is 0 Å². The Morgan fingerprint density at radius 1 is 1.19 bits per heavy atom. The number of nitrogens with zero attached hydrogens (tertiary/aromatic N) is 1. The monoisotopic (exact) mass is 445 g/mol. The van der Waals surface area contributed by atoms with E-state index in [0.717, 1.165) is 0 Å². The van der Waals surface area contributed by atoms with Crippen LogP contribution in [0, 0.1) is 5.92 Å². The maximum atomic E-state index is 13.4. The van der Waals surface area contributed by atoms with Crippen LogP contribution in [0.2, 0.25) is 5.02 Å². The van der Waals surface area contributed by atoms with Crippen molar-refractivity contribution in [3.8, 4) is 11.5 Å². The van der Waals surface area contributed by atoms with E-state index in [1.54, 1.807) is 29.2 Å². The molecule has 0 saturated carbocycles. The Labute approximate surface area is 185 Å². The van der Waals surface area contributed by atoms with Gasteiger partial charge >= 0.3 is 5.97 Å². The van der Waals surface area contributed by atoms with Gasteiger partial charge in [0.1, 0.15) is 25.4 Å². The number of anilines is 1. The van der Waals surface area contributed by atoms with Crippen LogP contribution in [0.25, 0.3) is 0 Å². The molecule has 2 aliphatic rings. The average Bonchev–Trinajstić information content (AvgIpc) is 2.83. The predicted octanol–water partition coefficient (Wildman–Crippen LogP) is 4.06. The van der Waals surface area contributed by atoms with Gasteiger partial charge in [-0.2, -0.15) is 0 Å². The molecule has 2 aliphatic heterocycles. The second-order valence-electron chi connectivity index (χ2n) is 8.02. The lowest BCUT2D eigenvalue weighted by Crippen LogP contribution is -2.42. The van der Waals surface area contributed by atoms with E-state index in [9.17, 15) is 14.7 Å². The minimum absolute atomic E-state index is 0.163. The van der Waals surface area contributed by atoms with Crippen molar-refractivity contribution in [2.24, 2.45) is 5.92 Å². The Morgan fingerprint density at radius 2 is 1.97 bits per heavy atom. The molecular formula is C23H24ClNO6. The number of carboxylic acid groups (broad SMARTS) is 1. The minimum Gasteiger partial charge on any atom is -0.486 e. The van der Waals surface area contributed by atoms with Gasteiger partial charge in [-0.05, 0) is 30.2 Å². The molecule has 2 aromatic rings. The van der Waals surface area contributed by atoms with Crippen LogP contribution < -0.4 is 14.4 Å². The van der Waals surface area contributed by atoms with Gasteiger partial charge in [0.05, 0.1) is 6.42 Å². The molecular weight excluding hydrogens is 422 g/mol. The summed E-state index contributed by atoms with van der Waals surface area (Å²) in [5.74, 6) is -0.219. The van der Waals surface area contributed by atoms with Gasteiger partial charge in [-0.3, -0.25) is 9.59 Å². The van der Waals surface area contributed by atoms with Gasteiger partial charge in [-0.25, -0.2) is 0 Å². The topological polar surface area (TPSA) is 85.3 Å². The number of ether oxygens (including phenoxy) is 3. The van der Waals surface area contributed by atoms with E-state index in [1.807, 2.05) is 26.0 Å². The average molecular weight is 446 g/mol. The Morgan fingerprint density at radius 3 is 2.71 bits per heavy atom. The zero-order valence-electron chi connectivity index (χ0n) is 17.3. The molecule has 2 atom stereocenters. The van der Waals surface area contributed by atoms with Crippen molar-refractivity contribution in [2.75, 3.05) is 24.7 Å². The number of carbonyl (C=O) groups excluding carboxylic acids is 1. The number of carboxylic acids is 1. The lowest BCUT2D eigenvalue weighted by Gasteiger charge is -2.27. The SMILES string of the molecule is CC(C)CN1C(=O)[C@@H](CC(=O)O)O[C@H](c2cccc3c2OCCO3)c2cc(Cl)ccc21. The Bertz CT molecular complexity index is 1010. The first kappa shape index (κ1) is 21.5. The molecule has 2 aromatic carbocycles. The van der Waals surface area contributed by atoms with Gasteiger partial charge in [-0.1, -0.05) is 37.6 Å². The molecule has 7 nitrogen and oxygen atoms in total. The second-order valence-corrected chi connectivity index (χ2v) is 8.46. The first-order valence-electron chi connectivity index (χ1n) is 10.2. The number of carbonyl (C=O) groups is 2. The van der Waals surface area contributed by atoms with E-state index >= 15 is 0 Å². The minimum atomic E-state index is -1.16. The quantitative estimate of drug-likeness (QED) is 0.746. The summed E-state index contributed by atoms with van der Waals surface area (Å²) in [6.07, 6.45) is -2.36. The van der Waals surface area contributed by atoms with Crippen molar-refractivity contribution in [3.63, 3.8) is 0 Å². The summed E-state index contributed by atoms with van der Waals surface area (Å²) < 4.78 is 17.8. The number of hydrogen-bond acceptors (Lipinski definition) is 5. The summed E-state index contributed by atoms with van der Waals surface area (Å²) >= 11 is 6.33. The molecule has 8 heteroatoms. The number of amides is 1. The van der Waals surface area contributed by atoms with E-state index in [2.05, 4.69) is 0 Å². The van der Waals surface area contributed by atoms with Crippen molar-refractivity contribution in [2.45, 2.75) is 32.5 Å². The van der Waals surface area contributed by atoms with E-state index in [0.29, 0.717) is 53.1 Å². The molecule has 2 heterocycles. The number of hydrogen-bond donors (Lipinski definition) is 1. The lowest BCUT2D eigenvalue weighted by atomic mass is 9.97. The fourth-order valence-electron chi connectivity index (χ4n) is 3.96. The van der Waals surface area contributed by atoms with Crippen molar-refractivity contribution >= 4 is 29.2 Å². The highest BCUT2D eigenvalue weighted by Crippen LogP contribution is 2.46. The van der Waals surface area contributed by atoms with Crippen LogP contribution in [0.4, 0.5) is 5.69 Å². The maximum Gasteiger partial charge on any atom is 0.306 e. The number of benzene rings is 2. The summed E-state index contributed by atoms with van der Waals surface area (Å²) in [4.78, 5) is 26.5. The Balaban J connectivity index is 1.90. The molecule has 0 radical (unpaired) electrons. The number of fused-ring (bicyclic) bond motifs is 2. The molecule has 0 spiro atoms. The van der Waals surface area contributed by atoms with Gasteiger partial charge in [0.25, 0.3) is 5.91 Å². The smallest absolute Gasteiger partial charge is 0.306 e. The second kappa shape index (κ2) is 8.77. The molecule has 0 fully saturated rings. The molecule has 0 aliphatic carbocycles. The predicted molar refractivity (Wildman–Crippen MR) is 115 cm³/mol. The van der Waals surface area contributed by atoms with Crippen LogP contribution in [0.1, 0.15) is 37.5 Å². The maximum absolute atomic E-state index is 13.4. The van der Waals surface area contributed by atoms with Crippen molar-refractivity contribution < 1.29 is 28.9 Å². The molecule has 0 bridgehead atoms. The fourth-order valence-corrected chi connectivity index (χ4v) is 4.14. The summed E-state index contributed by atoms with van der Waals surface area (Å²) in [6, 6.07) is 10.7.